The van der Waals surface area contributed by atoms with E-state index < -0.39 is 0 Å². The molecule has 0 fully saturated rings. The first-order chi connectivity index (χ1) is 8.38. The molecule has 0 aliphatic rings. The van der Waals surface area contributed by atoms with Crippen molar-refractivity contribution in [1.29, 1.82) is 0 Å². The highest BCUT2D eigenvalue weighted by Crippen LogP contribution is 2.27. The third-order valence-electron chi connectivity index (χ3n) is 2.64. The molecule has 0 aliphatic carbocycles. The van der Waals surface area contributed by atoms with Crippen LogP contribution in [-0.2, 0) is 0 Å². The fraction of sp³-hybridized carbons (Fsp3) is 0. The lowest BCUT2D eigenvalue weighted by Gasteiger charge is -2.01. The summed E-state index contributed by atoms with van der Waals surface area (Å²) in [6.07, 6.45) is 2.44. The summed E-state index contributed by atoms with van der Waals surface area (Å²) >= 11 is 0. The second-order valence-corrected chi connectivity index (χ2v) is 3.70. The number of hydrogen-bond acceptors (Lipinski definition) is 3. The molecular formula is C14H9NO2. The van der Waals surface area contributed by atoms with Gasteiger partial charge in [0.05, 0.1) is 5.52 Å². The Kier molecular flexibility index (Phi) is 2.22. The standard InChI is InChI=1S/C14H9NO2/c16-9-11-6-7-13(17-11)12-5-1-3-10-4-2-8-15-14(10)12/h1-9H. The average molecular weight is 223 g/mol. The minimum absolute atomic E-state index is 0.327. The molecule has 0 N–H and O–H groups in total. The summed E-state index contributed by atoms with van der Waals surface area (Å²) in [5.74, 6) is 0.990. The normalized spacial score (nSPS) is 10.6. The Morgan fingerprint density at radius 3 is 2.76 bits per heavy atom. The van der Waals surface area contributed by atoms with Crippen molar-refractivity contribution in [3.63, 3.8) is 0 Å². The van der Waals surface area contributed by atoms with Gasteiger partial charge in [-0.2, -0.15) is 0 Å². The van der Waals surface area contributed by atoms with Gasteiger partial charge in [0.2, 0.25) is 0 Å². The molecule has 3 aromatic rings. The van der Waals surface area contributed by atoms with Crippen molar-refractivity contribution >= 4 is 17.2 Å². The molecule has 0 bridgehead atoms. The average Bonchev–Trinajstić information content (AvgIpc) is 2.87. The number of benzene rings is 1. The summed E-state index contributed by atoms with van der Waals surface area (Å²) < 4.78 is 5.42. The third kappa shape index (κ3) is 1.61. The van der Waals surface area contributed by atoms with Crippen LogP contribution in [0.25, 0.3) is 22.2 Å². The number of pyridine rings is 1. The Balaban J connectivity index is 2.26. The van der Waals surface area contributed by atoms with E-state index in [1.54, 1.807) is 18.3 Å². The number of carbonyl (C=O) groups excluding carboxylic acids is 1. The van der Waals surface area contributed by atoms with Crippen molar-refractivity contribution in [2.24, 2.45) is 0 Å². The monoisotopic (exact) mass is 223 g/mol. The lowest BCUT2D eigenvalue weighted by atomic mass is 10.1. The molecule has 0 atom stereocenters. The van der Waals surface area contributed by atoms with Crippen molar-refractivity contribution in [2.45, 2.75) is 0 Å². The first-order valence-corrected chi connectivity index (χ1v) is 5.27. The van der Waals surface area contributed by atoms with Crippen LogP contribution in [0.4, 0.5) is 0 Å². The number of rotatable bonds is 2. The molecule has 3 rings (SSSR count). The van der Waals surface area contributed by atoms with Crippen LogP contribution in [0.15, 0.2) is 53.1 Å². The Morgan fingerprint density at radius 1 is 1.06 bits per heavy atom. The fourth-order valence-corrected chi connectivity index (χ4v) is 1.86. The van der Waals surface area contributed by atoms with Crippen molar-refractivity contribution in [1.82, 2.24) is 4.98 Å². The first kappa shape index (κ1) is 9.78. The number of fused-ring (bicyclic) bond motifs is 1. The SMILES string of the molecule is O=Cc1ccc(-c2cccc3cccnc23)o1. The summed E-state index contributed by atoms with van der Waals surface area (Å²) in [6, 6.07) is 13.2. The third-order valence-corrected chi connectivity index (χ3v) is 2.64. The second kappa shape index (κ2) is 3.87. The van der Waals surface area contributed by atoms with E-state index in [0.717, 1.165) is 16.5 Å². The first-order valence-electron chi connectivity index (χ1n) is 5.27. The molecule has 0 radical (unpaired) electrons. The van der Waals surface area contributed by atoms with Crippen LogP contribution in [-0.4, -0.2) is 11.3 Å². The molecule has 3 heteroatoms. The predicted molar refractivity (Wildman–Crippen MR) is 64.8 cm³/mol. The van der Waals surface area contributed by atoms with E-state index in [4.69, 9.17) is 4.42 Å². The minimum Gasteiger partial charge on any atom is -0.453 e. The number of carbonyl (C=O) groups is 1. The van der Waals surface area contributed by atoms with E-state index in [0.29, 0.717) is 17.8 Å². The van der Waals surface area contributed by atoms with E-state index in [1.165, 1.54) is 0 Å². The van der Waals surface area contributed by atoms with Gasteiger partial charge in [0.15, 0.2) is 12.0 Å². The second-order valence-electron chi connectivity index (χ2n) is 3.70. The maximum atomic E-state index is 10.6. The number of hydrogen-bond donors (Lipinski definition) is 0. The number of aldehydes is 1. The van der Waals surface area contributed by atoms with Crippen molar-refractivity contribution in [3.05, 3.63) is 54.4 Å². The zero-order valence-corrected chi connectivity index (χ0v) is 8.96. The lowest BCUT2D eigenvalue weighted by molar-refractivity contribution is 0.110. The van der Waals surface area contributed by atoms with Gasteiger partial charge >= 0.3 is 0 Å². The van der Waals surface area contributed by atoms with Gasteiger partial charge in [-0.15, -0.1) is 0 Å². The molecule has 0 aliphatic heterocycles. The molecule has 2 heterocycles. The van der Waals surface area contributed by atoms with Crippen molar-refractivity contribution < 1.29 is 9.21 Å². The highest BCUT2D eigenvalue weighted by molar-refractivity contribution is 5.92. The highest BCUT2D eigenvalue weighted by atomic mass is 16.3. The summed E-state index contributed by atoms with van der Waals surface area (Å²) in [5.41, 5.74) is 1.78. The molecule has 1 aromatic carbocycles. The molecule has 82 valence electrons. The van der Waals surface area contributed by atoms with Gasteiger partial charge < -0.3 is 4.42 Å². The Hall–Kier alpha value is -2.42. The van der Waals surface area contributed by atoms with Gasteiger partial charge in [0, 0.05) is 17.1 Å². The van der Waals surface area contributed by atoms with E-state index in [9.17, 15) is 4.79 Å². The molecule has 0 unspecified atom stereocenters. The van der Waals surface area contributed by atoms with Gasteiger partial charge in [0.1, 0.15) is 5.76 Å². The molecular weight excluding hydrogens is 214 g/mol. The fourth-order valence-electron chi connectivity index (χ4n) is 1.86. The summed E-state index contributed by atoms with van der Waals surface area (Å²) in [6.45, 7) is 0. The van der Waals surface area contributed by atoms with E-state index in [2.05, 4.69) is 4.98 Å². The topological polar surface area (TPSA) is 43.1 Å². The minimum atomic E-state index is 0.327. The van der Waals surface area contributed by atoms with Gasteiger partial charge in [0.25, 0.3) is 0 Å². The van der Waals surface area contributed by atoms with E-state index >= 15 is 0 Å². The smallest absolute Gasteiger partial charge is 0.185 e. The molecule has 0 amide bonds. The van der Waals surface area contributed by atoms with Crippen LogP contribution < -0.4 is 0 Å². The zero-order valence-electron chi connectivity index (χ0n) is 8.96. The van der Waals surface area contributed by atoms with Crippen LogP contribution in [0.1, 0.15) is 10.6 Å². The zero-order chi connectivity index (χ0) is 11.7. The number of para-hydroxylation sites is 1. The predicted octanol–water partition coefficient (Wildman–Crippen LogP) is 3.31. The largest absolute Gasteiger partial charge is 0.453 e. The van der Waals surface area contributed by atoms with E-state index in [1.807, 2.05) is 30.3 Å². The summed E-state index contributed by atoms with van der Waals surface area (Å²) in [5, 5.41) is 1.05. The number of furan rings is 1. The van der Waals surface area contributed by atoms with Crippen LogP contribution >= 0.6 is 0 Å². The van der Waals surface area contributed by atoms with Crippen LogP contribution in [0.3, 0.4) is 0 Å². The maximum absolute atomic E-state index is 10.6. The number of nitrogens with zero attached hydrogens (tertiary/aromatic N) is 1. The maximum Gasteiger partial charge on any atom is 0.185 e. The molecule has 2 aromatic heterocycles. The molecule has 3 nitrogen and oxygen atoms in total. The summed E-state index contributed by atoms with van der Waals surface area (Å²) in [4.78, 5) is 14.9. The van der Waals surface area contributed by atoms with Crippen molar-refractivity contribution in [2.75, 3.05) is 0 Å². The van der Waals surface area contributed by atoms with Crippen LogP contribution in [0.2, 0.25) is 0 Å². The Morgan fingerprint density at radius 2 is 1.94 bits per heavy atom. The lowest BCUT2D eigenvalue weighted by Crippen LogP contribution is -1.82. The van der Waals surface area contributed by atoms with Crippen LogP contribution in [0.5, 0.6) is 0 Å². The van der Waals surface area contributed by atoms with Crippen molar-refractivity contribution in [3.8, 4) is 11.3 Å². The van der Waals surface area contributed by atoms with E-state index in [-0.39, 0.29) is 0 Å². The quantitative estimate of drug-likeness (QED) is 0.626. The Bertz CT molecular complexity index is 680. The van der Waals surface area contributed by atoms with Gasteiger partial charge in [-0.1, -0.05) is 18.2 Å². The summed E-state index contributed by atoms with van der Waals surface area (Å²) in [7, 11) is 0. The van der Waals surface area contributed by atoms with Gasteiger partial charge in [-0.25, -0.2) is 0 Å². The van der Waals surface area contributed by atoms with Gasteiger partial charge in [-0.3, -0.25) is 9.78 Å². The number of aromatic nitrogens is 1. The molecule has 0 saturated heterocycles. The highest BCUT2D eigenvalue weighted by Gasteiger charge is 2.08. The molecule has 0 saturated carbocycles. The van der Waals surface area contributed by atoms with Gasteiger partial charge in [-0.05, 0) is 24.3 Å². The Labute approximate surface area is 97.7 Å². The molecule has 17 heavy (non-hydrogen) atoms. The molecule has 0 spiro atoms. The van der Waals surface area contributed by atoms with Crippen LogP contribution in [0, 0.1) is 0 Å².